The molecule has 3 atom stereocenters. The standard InChI is InChI=1S/C19H17F4N5O3S/c1-30-14-6-25-13(5-26-14)16(29)27-9-2-3-12(20)10(4-9)18-8-31-15(19(21,22)23)11(18)7-32-17(24)28-18/h2-6,11,15H,7-8H2,1H3,(H2,24,28)(H,27,29). The van der Waals surface area contributed by atoms with Gasteiger partial charge in [0.05, 0.1) is 26.1 Å². The molecule has 8 nitrogen and oxygen atoms in total. The number of aromatic nitrogens is 2. The van der Waals surface area contributed by atoms with Gasteiger partial charge >= 0.3 is 6.18 Å². The molecule has 0 radical (unpaired) electrons. The molecule has 0 spiro atoms. The Bertz CT molecular complexity index is 1070. The van der Waals surface area contributed by atoms with E-state index in [-0.39, 0.29) is 33.7 Å². The molecule has 2 aliphatic heterocycles. The first-order valence-corrected chi connectivity index (χ1v) is 10.3. The molecule has 1 aromatic heterocycles. The maximum atomic E-state index is 14.9. The number of amidine groups is 1. The maximum Gasteiger partial charge on any atom is 0.415 e. The van der Waals surface area contributed by atoms with Gasteiger partial charge in [-0.25, -0.2) is 19.4 Å². The second-order valence-electron chi connectivity index (χ2n) is 7.16. The summed E-state index contributed by atoms with van der Waals surface area (Å²) in [5.74, 6) is -2.46. The van der Waals surface area contributed by atoms with Gasteiger partial charge in [0, 0.05) is 22.9 Å². The molecular weight excluding hydrogens is 454 g/mol. The van der Waals surface area contributed by atoms with Gasteiger partial charge < -0.3 is 20.5 Å². The van der Waals surface area contributed by atoms with Crippen LogP contribution < -0.4 is 15.8 Å². The summed E-state index contributed by atoms with van der Waals surface area (Å²) in [6.45, 7) is -0.499. The number of carbonyl (C=O) groups excluding carboxylic acids is 1. The Balaban J connectivity index is 1.68. The third-order valence-electron chi connectivity index (χ3n) is 5.27. The highest BCUT2D eigenvalue weighted by Gasteiger charge is 2.62. The van der Waals surface area contributed by atoms with Crippen LogP contribution in [0.15, 0.2) is 35.6 Å². The summed E-state index contributed by atoms with van der Waals surface area (Å²) in [5.41, 5.74) is 4.09. The number of methoxy groups -OCH3 is 1. The maximum absolute atomic E-state index is 14.9. The molecule has 4 rings (SSSR count). The minimum Gasteiger partial charge on any atom is -0.480 e. The number of hydrogen-bond donors (Lipinski definition) is 2. The van der Waals surface area contributed by atoms with Crippen molar-refractivity contribution in [3.05, 3.63) is 47.7 Å². The summed E-state index contributed by atoms with van der Waals surface area (Å²) >= 11 is 0.959. The van der Waals surface area contributed by atoms with E-state index in [1.54, 1.807) is 0 Å². The molecule has 0 saturated carbocycles. The number of rotatable bonds is 4. The van der Waals surface area contributed by atoms with E-state index in [1.165, 1.54) is 31.6 Å². The highest BCUT2D eigenvalue weighted by Crippen LogP contribution is 2.52. The van der Waals surface area contributed by atoms with Gasteiger partial charge in [-0.2, -0.15) is 13.2 Å². The minimum atomic E-state index is -4.65. The predicted molar refractivity (Wildman–Crippen MR) is 108 cm³/mol. The Kier molecular flexibility index (Phi) is 5.71. The third kappa shape index (κ3) is 3.97. The Labute approximate surface area is 183 Å². The molecule has 32 heavy (non-hydrogen) atoms. The van der Waals surface area contributed by atoms with E-state index in [0.29, 0.717) is 0 Å². The zero-order valence-corrected chi connectivity index (χ0v) is 17.3. The molecule has 3 heterocycles. The lowest BCUT2D eigenvalue weighted by Gasteiger charge is -2.36. The fraction of sp³-hybridized carbons (Fsp3) is 0.368. The second-order valence-corrected chi connectivity index (χ2v) is 8.20. The fourth-order valence-corrected chi connectivity index (χ4v) is 4.79. The Morgan fingerprint density at radius 1 is 1.34 bits per heavy atom. The number of carbonyl (C=O) groups is 1. The number of nitrogens with zero attached hydrogens (tertiary/aromatic N) is 3. The number of aliphatic imine (C=N–C) groups is 1. The first-order valence-electron chi connectivity index (χ1n) is 9.28. The van der Waals surface area contributed by atoms with Gasteiger partial charge in [-0.15, -0.1) is 0 Å². The van der Waals surface area contributed by atoms with Gasteiger partial charge in [0.15, 0.2) is 11.3 Å². The smallest absolute Gasteiger partial charge is 0.415 e. The highest BCUT2D eigenvalue weighted by molar-refractivity contribution is 8.13. The molecule has 2 aliphatic rings. The van der Waals surface area contributed by atoms with E-state index in [2.05, 4.69) is 20.3 Å². The normalized spacial score (nSPS) is 25.1. The number of ether oxygens (including phenoxy) is 2. The molecule has 0 aliphatic carbocycles. The number of hydrogen-bond acceptors (Lipinski definition) is 8. The predicted octanol–water partition coefficient (Wildman–Crippen LogP) is 2.71. The van der Waals surface area contributed by atoms with Crippen molar-refractivity contribution >= 4 is 28.5 Å². The average Bonchev–Trinajstić information content (AvgIpc) is 3.15. The van der Waals surface area contributed by atoms with Crippen LogP contribution in [-0.2, 0) is 10.3 Å². The number of nitrogens with two attached hydrogens (primary N) is 1. The average molecular weight is 471 g/mol. The molecule has 3 unspecified atom stereocenters. The molecule has 1 fully saturated rings. The van der Waals surface area contributed by atoms with Crippen LogP contribution >= 0.6 is 11.8 Å². The van der Waals surface area contributed by atoms with E-state index in [9.17, 15) is 22.4 Å². The molecule has 170 valence electrons. The number of halogens is 4. The van der Waals surface area contributed by atoms with Gasteiger partial charge in [0.1, 0.15) is 17.1 Å². The van der Waals surface area contributed by atoms with E-state index < -0.39 is 42.1 Å². The SMILES string of the molecule is COc1cnc(C(=O)Nc2ccc(F)c(C34COC(C(F)(F)F)C3CSC(N)=N4)c2)cn1. The van der Waals surface area contributed by atoms with Crippen molar-refractivity contribution in [1.29, 1.82) is 0 Å². The van der Waals surface area contributed by atoms with Gasteiger partial charge in [0.25, 0.3) is 5.91 Å². The van der Waals surface area contributed by atoms with Crippen LogP contribution in [0.2, 0.25) is 0 Å². The Morgan fingerprint density at radius 2 is 2.12 bits per heavy atom. The van der Waals surface area contributed by atoms with Crippen LogP contribution in [0.1, 0.15) is 16.1 Å². The van der Waals surface area contributed by atoms with Crippen molar-refractivity contribution in [3.63, 3.8) is 0 Å². The summed E-state index contributed by atoms with van der Waals surface area (Å²) < 4.78 is 65.4. The van der Waals surface area contributed by atoms with E-state index in [0.717, 1.165) is 17.8 Å². The van der Waals surface area contributed by atoms with Crippen molar-refractivity contribution in [3.8, 4) is 5.88 Å². The number of nitrogens with one attached hydrogen (secondary N) is 1. The van der Waals surface area contributed by atoms with Crippen LogP contribution in [0.5, 0.6) is 5.88 Å². The zero-order valence-electron chi connectivity index (χ0n) is 16.5. The van der Waals surface area contributed by atoms with Crippen molar-refractivity contribution in [2.45, 2.75) is 17.8 Å². The van der Waals surface area contributed by atoms with Gasteiger partial charge in [-0.3, -0.25) is 4.79 Å². The molecular formula is C19H17F4N5O3S. The molecule has 2 aromatic rings. The second kappa shape index (κ2) is 8.20. The summed E-state index contributed by atoms with van der Waals surface area (Å²) in [5, 5.41) is 2.57. The van der Waals surface area contributed by atoms with Gasteiger partial charge in [0.2, 0.25) is 5.88 Å². The summed E-state index contributed by atoms with van der Waals surface area (Å²) in [7, 11) is 1.39. The summed E-state index contributed by atoms with van der Waals surface area (Å²) in [4.78, 5) is 24.5. The summed E-state index contributed by atoms with van der Waals surface area (Å²) in [6.07, 6.45) is -4.32. The van der Waals surface area contributed by atoms with Crippen molar-refractivity contribution in [1.82, 2.24) is 9.97 Å². The van der Waals surface area contributed by atoms with E-state index >= 15 is 0 Å². The van der Waals surface area contributed by atoms with E-state index in [4.69, 9.17) is 15.2 Å². The molecule has 1 amide bonds. The fourth-order valence-electron chi connectivity index (χ4n) is 3.76. The molecule has 13 heteroatoms. The molecule has 3 N–H and O–H groups in total. The molecule has 1 saturated heterocycles. The van der Waals surface area contributed by atoms with Crippen LogP contribution in [0.25, 0.3) is 0 Å². The quantitative estimate of drug-likeness (QED) is 0.660. The molecule has 1 aromatic carbocycles. The number of benzene rings is 1. The Morgan fingerprint density at radius 3 is 2.78 bits per heavy atom. The zero-order chi connectivity index (χ0) is 23.1. The number of fused-ring (bicyclic) bond motifs is 1. The van der Waals surface area contributed by atoms with Crippen molar-refractivity contribution in [2.24, 2.45) is 16.6 Å². The van der Waals surface area contributed by atoms with Crippen LogP contribution in [0.3, 0.4) is 0 Å². The topological polar surface area (TPSA) is 112 Å². The van der Waals surface area contributed by atoms with Gasteiger partial charge in [-0.05, 0) is 18.2 Å². The first kappa shape index (κ1) is 22.3. The lowest BCUT2D eigenvalue weighted by molar-refractivity contribution is -0.215. The number of amides is 1. The number of thioether (sulfide) groups is 1. The third-order valence-corrected chi connectivity index (χ3v) is 6.18. The number of anilines is 1. The van der Waals surface area contributed by atoms with E-state index in [1.807, 2.05) is 0 Å². The van der Waals surface area contributed by atoms with Crippen LogP contribution in [0, 0.1) is 11.7 Å². The summed E-state index contributed by atoms with van der Waals surface area (Å²) in [6, 6.07) is 3.57. The molecule has 0 bridgehead atoms. The van der Waals surface area contributed by atoms with Crippen molar-refractivity contribution in [2.75, 3.05) is 24.8 Å². The van der Waals surface area contributed by atoms with Gasteiger partial charge in [-0.1, -0.05) is 11.8 Å². The minimum absolute atomic E-state index is 0.0367. The largest absolute Gasteiger partial charge is 0.480 e. The lowest BCUT2D eigenvalue weighted by atomic mass is 9.78. The monoisotopic (exact) mass is 471 g/mol. The Hall–Kier alpha value is -2.93. The van der Waals surface area contributed by atoms with Crippen LogP contribution in [-0.4, -0.2) is 52.8 Å². The van der Waals surface area contributed by atoms with Crippen LogP contribution in [0.4, 0.5) is 23.2 Å². The highest BCUT2D eigenvalue weighted by atomic mass is 32.2. The number of alkyl halides is 3. The van der Waals surface area contributed by atoms with Crippen molar-refractivity contribution < 1.29 is 31.8 Å². The lowest BCUT2D eigenvalue weighted by Crippen LogP contribution is -2.46. The first-order chi connectivity index (χ1) is 15.1.